The first-order valence-corrected chi connectivity index (χ1v) is 6.68. The molecule has 0 aliphatic heterocycles. The van der Waals surface area contributed by atoms with Crippen molar-refractivity contribution >= 4 is 37.6 Å². The monoisotopic (exact) mass is 318 g/mol. The Morgan fingerprint density at radius 3 is 2.64 bits per heavy atom. The van der Waals surface area contributed by atoms with Crippen molar-refractivity contribution in [3.8, 4) is 0 Å². The summed E-state index contributed by atoms with van der Waals surface area (Å²) >= 11 is 6.68. The van der Waals surface area contributed by atoms with E-state index in [4.69, 9.17) is 0 Å². The molecule has 0 fully saturated rings. The van der Waals surface area contributed by atoms with Crippen molar-refractivity contribution in [2.75, 3.05) is 5.33 Å². The molecule has 0 spiro atoms. The van der Waals surface area contributed by atoms with Gasteiger partial charge in [-0.15, -0.1) is 0 Å². The Balaban J connectivity index is 3.10. The van der Waals surface area contributed by atoms with Crippen LogP contribution in [-0.2, 0) is 5.33 Å². The summed E-state index contributed by atoms with van der Waals surface area (Å²) in [5, 5.41) is 1.46. The van der Waals surface area contributed by atoms with Gasteiger partial charge in [-0.25, -0.2) is 0 Å². The molecule has 0 heterocycles. The molecule has 0 bridgehead atoms. The van der Waals surface area contributed by atoms with Crippen molar-refractivity contribution in [2.45, 2.75) is 18.7 Å². The van der Waals surface area contributed by atoms with Gasteiger partial charge in [-0.1, -0.05) is 50.1 Å². The van der Waals surface area contributed by atoms with Gasteiger partial charge in [0.1, 0.15) is 0 Å². The third-order valence-electron chi connectivity index (χ3n) is 2.10. The molecule has 0 atom stereocenters. The molecule has 0 saturated carbocycles. The summed E-state index contributed by atoms with van der Waals surface area (Å²) in [6, 6.07) is 5.95. The summed E-state index contributed by atoms with van der Waals surface area (Å²) in [6.45, 7) is 1.98. The minimum atomic E-state index is 0.217. The summed E-state index contributed by atoms with van der Waals surface area (Å²) in [7, 11) is 0. The summed E-state index contributed by atoms with van der Waals surface area (Å²) in [4.78, 5) is 11.8. The maximum Gasteiger partial charge on any atom is 0.164 e. The van der Waals surface area contributed by atoms with Crippen molar-refractivity contribution in [3.63, 3.8) is 0 Å². The number of alkyl halides is 2. The first-order valence-electron chi connectivity index (χ1n) is 4.44. The van der Waals surface area contributed by atoms with Crippen LogP contribution in [0.3, 0.4) is 0 Å². The Labute approximate surface area is 101 Å². The van der Waals surface area contributed by atoms with Crippen LogP contribution >= 0.6 is 31.9 Å². The molecule has 0 aliphatic rings. The Bertz CT molecular complexity index is 334. The first-order chi connectivity index (χ1) is 6.70. The van der Waals surface area contributed by atoms with Gasteiger partial charge in [-0.2, -0.15) is 0 Å². The Morgan fingerprint density at radius 2 is 2.07 bits per heavy atom. The standard InChI is InChI=1S/C11H12Br2O/c1-8-3-2-4-9(7-13)11(8)10(14)5-6-12/h2-4H,5-7H2,1H3. The van der Waals surface area contributed by atoms with E-state index in [-0.39, 0.29) is 5.78 Å². The van der Waals surface area contributed by atoms with E-state index in [9.17, 15) is 4.79 Å². The molecule has 0 aromatic heterocycles. The van der Waals surface area contributed by atoms with E-state index in [0.717, 1.165) is 27.4 Å². The van der Waals surface area contributed by atoms with Crippen molar-refractivity contribution in [3.05, 3.63) is 34.9 Å². The van der Waals surface area contributed by atoms with Crippen molar-refractivity contribution in [2.24, 2.45) is 0 Å². The van der Waals surface area contributed by atoms with Gasteiger partial charge in [-0.05, 0) is 18.1 Å². The van der Waals surface area contributed by atoms with E-state index in [1.54, 1.807) is 0 Å². The number of benzene rings is 1. The number of hydrogen-bond donors (Lipinski definition) is 0. The van der Waals surface area contributed by atoms with E-state index >= 15 is 0 Å². The van der Waals surface area contributed by atoms with Gasteiger partial charge in [0.25, 0.3) is 0 Å². The lowest BCUT2D eigenvalue weighted by atomic mass is 9.98. The summed E-state index contributed by atoms with van der Waals surface area (Å²) < 4.78 is 0. The number of halogens is 2. The number of hydrogen-bond acceptors (Lipinski definition) is 1. The lowest BCUT2D eigenvalue weighted by Crippen LogP contribution is -2.05. The van der Waals surface area contributed by atoms with Crippen LogP contribution in [0.1, 0.15) is 27.9 Å². The summed E-state index contributed by atoms with van der Waals surface area (Å²) in [6.07, 6.45) is 0.560. The normalized spacial score (nSPS) is 10.2. The Kier molecular flexibility index (Phi) is 4.82. The number of ketones is 1. The molecular formula is C11H12Br2O. The molecule has 1 aromatic rings. The molecule has 76 valence electrons. The molecule has 14 heavy (non-hydrogen) atoms. The van der Waals surface area contributed by atoms with Crippen LogP contribution in [0.2, 0.25) is 0 Å². The molecule has 0 N–H and O–H groups in total. The number of carbonyl (C=O) groups excluding carboxylic acids is 1. The number of Topliss-reactive ketones (excluding diaryl/α,β-unsaturated/α-hetero) is 1. The van der Waals surface area contributed by atoms with Crippen LogP contribution in [0.25, 0.3) is 0 Å². The van der Waals surface area contributed by atoms with Gasteiger partial charge >= 0.3 is 0 Å². The maximum absolute atomic E-state index is 11.8. The van der Waals surface area contributed by atoms with Crippen molar-refractivity contribution in [1.82, 2.24) is 0 Å². The fourth-order valence-electron chi connectivity index (χ4n) is 1.45. The lowest BCUT2D eigenvalue weighted by molar-refractivity contribution is 0.0988. The second-order valence-electron chi connectivity index (χ2n) is 3.10. The number of aryl methyl sites for hydroxylation is 1. The highest BCUT2D eigenvalue weighted by Gasteiger charge is 2.12. The lowest BCUT2D eigenvalue weighted by Gasteiger charge is -2.08. The van der Waals surface area contributed by atoms with Crippen molar-refractivity contribution < 1.29 is 4.79 Å². The van der Waals surface area contributed by atoms with Crippen LogP contribution in [-0.4, -0.2) is 11.1 Å². The van der Waals surface area contributed by atoms with Gasteiger partial charge in [0.15, 0.2) is 5.78 Å². The Hall–Kier alpha value is -0.150. The average Bonchev–Trinajstić information content (AvgIpc) is 2.17. The quantitative estimate of drug-likeness (QED) is 0.608. The van der Waals surface area contributed by atoms with Crippen LogP contribution in [0, 0.1) is 6.92 Å². The molecule has 3 heteroatoms. The van der Waals surface area contributed by atoms with Crippen LogP contribution in [0.4, 0.5) is 0 Å². The summed E-state index contributed by atoms with van der Waals surface area (Å²) in [5.41, 5.74) is 3.02. The predicted octanol–water partition coefficient (Wildman–Crippen LogP) is 3.86. The zero-order valence-electron chi connectivity index (χ0n) is 8.02. The van der Waals surface area contributed by atoms with Crippen LogP contribution in [0.15, 0.2) is 18.2 Å². The first kappa shape index (κ1) is 11.9. The van der Waals surface area contributed by atoms with Gasteiger partial charge in [0.2, 0.25) is 0 Å². The van der Waals surface area contributed by atoms with Gasteiger partial charge in [0.05, 0.1) is 0 Å². The minimum Gasteiger partial charge on any atom is -0.294 e. The van der Waals surface area contributed by atoms with E-state index in [1.807, 2.05) is 25.1 Å². The predicted molar refractivity (Wildman–Crippen MR) is 66.6 cm³/mol. The molecule has 0 aliphatic carbocycles. The number of rotatable bonds is 4. The van der Waals surface area contributed by atoms with E-state index < -0.39 is 0 Å². The highest BCUT2D eigenvalue weighted by molar-refractivity contribution is 9.09. The zero-order chi connectivity index (χ0) is 10.6. The largest absolute Gasteiger partial charge is 0.294 e. The Morgan fingerprint density at radius 1 is 1.36 bits per heavy atom. The van der Waals surface area contributed by atoms with Gasteiger partial charge < -0.3 is 0 Å². The zero-order valence-corrected chi connectivity index (χ0v) is 11.2. The smallest absolute Gasteiger partial charge is 0.164 e. The molecule has 1 aromatic carbocycles. The molecule has 0 unspecified atom stereocenters. The van der Waals surface area contributed by atoms with E-state index in [2.05, 4.69) is 31.9 Å². The van der Waals surface area contributed by atoms with Crippen LogP contribution < -0.4 is 0 Å². The molecule has 0 saturated heterocycles. The molecule has 0 radical (unpaired) electrons. The molecule has 0 amide bonds. The third-order valence-corrected chi connectivity index (χ3v) is 3.10. The topological polar surface area (TPSA) is 17.1 Å². The minimum absolute atomic E-state index is 0.217. The van der Waals surface area contributed by atoms with E-state index in [1.165, 1.54) is 0 Å². The highest BCUT2D eigenvalue weighted by atomic mass is 79.9. The third kappa shape index (κ3) is 2.67. The molecule has 1 nitrogen and oxygen atoms in total. The van der Waals surface area contributed by atoms with E-state index in [0.29, 0.717) is 6.42 Å². The fraction of sp³-hybridized carbons (Fsp3) is 0.364. The number of carbonyl (C=O) groups is 1. The fourth-order valence-corrected chi connectivity index (χ4v) is 2.28. The molecular weight excluding hydrogens is 308 g/mol. The molecule has 1 rings (SSSR count). The van der Waals surface area contributed by atoms with Gasteiger partial charge in [0, 0.05) is 22.6 Å². The van der Waals surface area contributed by atoms with Crippen molar-refractivity contribution in [1.29, 1.82) is 0 Å². The second kappa shape index (κ2) is 5.66. The summed E-state index contributed by atoms with van der Waals surface area (Å²) in [5.74, 6) is 0.217. The van der Waals surface area contributed by atoms with Gasteiger partial charge in [-0.3, -0.25) is 4.79 Å². The van der Waals surface area contributed by atoms with Crippen LogP contribution in [0.5, 0.6) is 0 Å². The maximum atomic E-state index is 11.8. The average molecular weight is 320 g/mol. The SMILES string of the molecule is Cc1cccc(CBr)c1C(=O)CCBr. The second-order valence-corrected chi connectivity index (χ2v) is 4.46. The highest BCUT2D eigenvalue weighted by Crippen LogP contribution is 2.19.